The van der Waals surface area contributed by atoms with Gasteiger partial charge in [-0.15, -0.1) is 0 Å². The fourth-order valence-electron chi connectivity index (χ4n) is 1.41. The zero-order valence-corrected chi connectivity index (χ0v) is 8.15. The van der Waals surface area contributed by atoms with E-state index in [1.807, 2.05) is 32.0 Å². The van der Waals surface area contributed by atoms with Gasteiger partial charge in [0.25, 0.3) is 0 Å². The summed E-state index contributed by atoms with van der Waals surface area (Å²) in [6, 6.07) is 6.34. The van der Waals surface area contributed by atoms with Gasteiger partial charge in [0.1, 0.15) is 0 Å². The van der Waals surface area contributed by atoms with Crippen LogP contribution in [0.5, 0.6) is 0 Å². The van der Waals surface area contributed by atoms with E-state index in [0.717, 1.165) is 0 Å². The minimum atomic E-state index is 1.17. The monoisotopic (exact) mass is 175 g/mol. The minimum absolute atomic E-state index is 1.17. The van der Waals surface area contributed by atoms with Gasteiger partial charge in [0.15, 0.2) is 0 Å². The number of hydrogen-bond acceptors (Lipinski definition) is 2. The molecule has 1 aromatic carbocycles. The maximum atomic E-state index is 4.19. The van der Waals surface area contributed by atoms with Crippen molar-refractivity contribution in [2.45, 2.75) is 0 Å². The standard InChI is InChI=1S/C10H13N3/c1-12(2)9-5-4-8-7-11-13(3)10(8)6-9/h4-7H,1-3H3. The van der Waals surface area contributed by atoms with E-state index in [0.29, 0.717) is 0 Å². The molecule has 0 atom stereocenters. The number of aromatic nitrogens is 2. The molecule has 0 spiro atoms. The summed E-state index contributed by atoms with van der Waals surface area (Å²) in [6.45, 7) is 0. The van der Waals surface area contributed by atoms with E-state index in [1.54, 1.807) is 0 Å². The van der Waals surface area contributed by atoms with Crippen molar-refractivity contribution < 1.29 is 0 Å². The normalized spacial score (nSPS) is 10.7. The Labute approximate surface area is 77.6 Å². The third kappa shape index (κ3) is 1.26. The predicted molar refractivity (Wildman–Crippen MR) is 55.0 cm³/mol. The first-order valence-electron chi connectivity index (χ1n) is 4.27. The van der Waals surface area contributed by atoms with Crippen molar-refractivity contribution in [3.8, 4) is 0 Å². The molecule has 0 unspecified atom stereocenters. The van der Waals surface area contributed by atoms with Crippen LogP contribution in [-0.2, 0) is 7.05 Å². The van der Waals surface area contributed by atoms with E-state index < -0.39 is 0 Å². The summed E-state index contributed by atoms with van der Waals surface area (Å²) in [4.78, 5) is 2.09. The molecule has 3 nitrogen and oxygen atoms in total. The van der Waals surface area contributed by atoms with Gasteiger partial charge >= 0.3 is 0 Å². The van der Waals surface area contributed by atoms with Crippen molar-refractivity contribution in [2.75, 3.05) is 19.0 Å². The molecule has 68 valence electrons. The molecule has 2 aromatic rings. The van der Waals surface area contributed by atoms with Gasteiger partial charge in [-0.1, -0.05) is 0 Å². The van der Waals surface area contributed by atoms with Crippen molar-refractivity contribution in [1.29, 1.82) is 0 Å². The summed E-state index contributed by atoms with van der Waals surface area (Å²) in [7, 11) is 6.04. The minimum Gasteiger partial charge on any atom is -0.378 e. The van der Waals surface area contributed by atoms with E-state index in [1.165, 1.54) is 16.6 Å². The molecule has 0 radical (unpaired) electrons. The van der Waals surface area contributed by atoms with Crippen LogP contribution < -0.4 is 4.90 Å². The van der Waals surface area contributed by atoms with Crippen molar-refractivity contribution in [1.82, 2.24) is 9.78 Å². The fraction of sp³-hybridized carbons (Fsp3) is 0.300. The van der Waals surface area contributed by atoms with E-state index in [4.69, 9.17) is 0 Å². The van der Waals surface area contributed by atoms with E-state index in [9.17, 15) is 0 Å². The highest BCUT2D eigenvalue weighted by Gasteiger charge is 2.01. The lowest BCUT2D eigenvalue weighted by Crippen LogP contribution is -2.08. The number of hydrogen-bond donors (Lipinski definition) is 0. The fourth-order valence-corrected chi connectivity index (χ4v) is 1.41. The summed E-state index contributed by atoms with van der Waals surface area (Å²) in [5.41, 5.74) is 2.38. The Morgan fingerprint density at radius 3 is 2.77 bits per heavy atom. The molecule has 0 aliphatic heterocycles. The highest BCUT2D eigenvalue weighted by molar-refractivity contribution is 5.82. The molecule has 1 heterocycles. The highest BCUT2D eigenvalue weighted by Crippen LogP contribution is 2.19. The molecule has 13 heavy (non-hydrogen) atoms. The molecule has 3 heteroatoms. The third-order valence-electron chi connectivity index (χ3n) is 2.25. The first-order valence-corrected chi connectivity index (χ1v) is 4.27. The van der Waals surface area contributed by atoms with Crippen molar-refractivity contribution in [3.63, 3.8) is 0 Å². The molecule has 0 bridgehead atoms. The molecule has 0 saturated heterocycles. The van der Waals surface area contributed by atoms with Crippen LogP contribution in [0.2, 0.25) is 0 Å². The van der Waals surface area contributed by atoms with Crippen LogP contribution >= 0.6 is 0 Å². The number of benzene rings is 1. The second-order valence-electron chi connectivity index (χ2n) is 3.41. The van der Waals surface area contributed by atoms with Gasteiger partial charge in [-0.25, -0.2) is 0 Å². The lowest BCUT2D eigenvalue weighted by molar-refractivity contribution is 0.797. The summed E-state index contributed by atoms with van der Waals surface area (Å²) >= 11 is 0. The predicted octanol–water partition coefficient (Wildman–Crippen LogP) is 1.64. The molecule has 2 rings (SSSR count). The summed E-state index contributed by atoms with van der Waals surface area (Å²) in [5, 5.41) is 5.38. The van der Waals surface area contributed by atoms with Gasteiger partial charge in [0, 0.05) is 32.2 Å². The lowest BCUT2D eigenvalue weighted by Gasteiger charge is -2.11. The van der Waals surface area contributed by atoms with Crippen LogP contribution in [0.1, 0.15) is 0 Å². The highest BCUT2D eigenvalue weighted by atomic mass is 15.2. The second kappa shape index (κ2) is 2.76. The number of rotatable bonds is 1. The van der Waals surface area contributed by atoms with Crippen LogP contribution in [0.3, 0.4) is 0 Å². The zero-order chi connectivity index (χ0) is 9.42. The first kappa shape index (κ1) is 8.10. The third-order valence-corrected chi connectivity index (χ3v) is 2.25. The zero-order valence-electron chi connectivity index (χ0n) is 8.15. The Bertz CT molecular complexity index is 429. The lowest BCUT2D eigenvalue weighted by atomic mass is 10.2. The number of anilines is 1. The SMILES string of the molecule is CN(C)c1ccc2cnn(C)c2c1. The smallest absolute Gasteiger partial charge is 0.0699 e. The largest absolute Gasteiger partial charge is 0.378 e. The van der Waals surface area contributed by atoms with E-state index in [-0.39, 0.29) is 0 Å². The summed E-state index contributed by atoms with van der Waals surface area (Å²) in [6.07, 6.45) is 1.88. The molecule has 0 amide bonds. The van der Waals surface area contributed by atoms with Crippen molar-refractivity contribution in [2.24, 2.45) is 7.05 Å². The van der Waals surface area contributed by atoms with Crippen LogP contribution in [0, 0.1) is 0 Å². The molecule has 1 aromatic heterocycles. The molecule has 0 fully saturated rings. The van der Waals surface area contributed by atoms with Crippen LogP contribution in [0.4, 0.5) is 5.69 Å². The number of fused-ring (bicyclic) bond motifs is 1. The molecule has 0 aliphatic rings. The van der Waals surface area contributed by atoms with E-state index in [2.05, 4.69) is 28.2 Å². The summed E-state index contributed by atoms with van der Waals surface area (Å²) in [5.74, 6) is 0. The summed E-state index contributed by atoms with van der Waals surface area (Å²) < 4.78 is 1.89. The maximum absolute atomic E-state index is 4.19. The second-order valence-corrected chi connectivity index (χ2v) is 3.41. The van der Waals surface area contributed by atoms with Gasteiger partial charge in [-0.3, -0.25) is 4.68 Å². The average Bonchev–Trinajstić information content (AvgIpc) is 2.47. The Morgan fingerprint density at radius 1 is 1.31 bits per heavy atom. The van der Waals surface area contributed by atoms with Crippen molar-refractivity contribution >= 4 is 16.6 Å². The molecule has 0 aliphatic carbocycles. The van der Waals surface area contributed by atoms with Crippen LogP contribution in [0.25, 0.3) is 10.9 Å². The maximum Gasteiger partial charge on any atom is 0.0699 e. The topological polar surface area (TPSA) is 21.1 Å². The quantitative estimate of drug-likeness (QED) is 0.657. The van der Waals surface area contributed by atoms with Gasteiger partial charge < -0.3 is 4.90 Å². The van der Waals surface area contributed by atoms with Gasteiger partial charge in [0.05, 0.1) is 11.7 Å². The number of nitrogens with zero attached hydrogens (tertiary/aromatic N) is 3. The molecule has 0 saturated carbocycles. The molecular formula is C10H13N3. The van der Waals surface area contributed by atoms with Gasteiger partial charge in [-0.05, 0) is 18.2 Å². The van der Waals surface area contributed by atoms with Crippen LogP contribution in [0.15, 0.2) is 24.4 Å². The first-order chi connectivity index (χ1) is 6.18. The average molecular weight is 175 g/mol. The molecular weight excluding hydrogens is 162 g/mol. The Hall–Kier alpha value is -1.51. The van der Waals surface area contributed by atoms with E-state index >= 15 is 0 Å². The molecule has 0 N–H and O–H groups in total. The Balaban J connectivity index is 2.66. The van der Waals surface area contributed by atoms with Gasteiger partial charge in [0.2, 0.25) is 0 Å². The number of aryl methyl sites for hydroxylation is 1. The van der Waals surface area contributed by atoms with Gasteiger partial charge in [-0.2, -0.15) is 5.10 Å². The van der Waals surface area contributed by atoms with Crippen LogP contribution in [-0.4, -0.2) is 23.9 Å². The Kier molecular flexibility index (Phi) is 1.72. The van der Waals surface area contributed by atoms with Crippen molar-refractivity contribution in [3.05, 3.63) is 24.4 Å². The Morgan fingerprint density at radius 2 is 2.08 bits per heavy atom.